The van der Waals surface area contributed by atoms with Crippen LogP contribution >= 0.6 is 36.2 Å². The van der Waals surface area contributed by atoms with E-state index < -0.39 is 51.8 Å². The van der Waals surface area contributed by atoms with Gasteiger partial charge in [-0.15, -0.1) is 0 Å². The van der Waals surface area contributed by atoms with Crippen LogP contribution in [0.4, 0.5) is 21.9 Å². The number of hydrogen-bond acceptors (Lipinski definition) is 20. The molecule has 3 radical (unpaired) electrons. The fourth-order valence-corrected chi connectivity index (χ4v) is 5.20. The summed E-state index contributed by atoms with van der Waals surface area (Å²) in [6, 6.07) is 22.4. The molecular weight excluding hydrogens is 1120 g/mol. The number of nitrogens with two attached hydrogens (primary N) is 1. The second kappa shape index (κ2) is 51.8. The van der Waals surface area contributed by atoms with Gasteiger partial charge in [0, 0.05) is 146 Å². The number of benzene rings is 3. The molecule has 3 unspecified atom stereocenters. The van der Waals surface area contributed by atoms with Gasteiger partial charge in [0.05, 0.1) is 34.0 Å². The van der Waals surface area contributed by atoms with Crippen molar-refractivity contribution >= 4 is 66.1 Å². The van der Waals surface area contributed by atoms with Gasteiger partial charge >= 0.3 is 6.09 Å². The van der Waals surface area contributed by atoms with E-state index in [0.29, 0.717) is 5.75 Å². The van der Waals surface area contributed by atoms with Gasteiger partial charge in [-0.1, -0.05) is 62.0 Å². The van der Waals surface area contributed by atoms with Crippen LogP contribution in [-0.2, 0) is 108 Å². The Kier molecular flexibility index (Phi) is 67.4. The largest absolute Gasteiger partial charge is 0.545 e. The summed E-state index contributed by atoms with van der Waals surface area (Å²) in [5.41, 5.74) is 5.45. The summed E-state index contributed by atoms with van der Waals surface area (Å²) in [7, 11) is 1.25. The van der Waals surface area contributed by atoms with Crippen LogP contribution in [0.25, 0.3) is 0 Å². The molecule has 21 nitrogen and oxygen atoms in total. The van der Waals surface area contributed by atoms with Crippen molar-refractivity contribution in [2.75, 3.05) is 24.4 Å². The number of carbonyl (C=O) groups is 1. The zero-order chi connectivity index (χ0) is 43.1. The summed E-state index contributed by atoms with van der Waals surface area (Å²) in [5.74, 6) is 4.81. The number of nitro groups is 3. The van der Waals surface area contributed by atoms with E-state index >= 15 is 0 Å². The Morgan fingerprint density at radius 1 is 0.778 bits per heavy atom. The number of aliphatic hydroxyl groups is 6. The van der Waals surface area contributed by atoms with Crippen LogP contribution in [0.5, 0.6) is 0 Å². The smallest absolute Gasteiger partial charge is 0.380 e. The van der Waals surface area contributed by atoms with E-state index in [9.17, 15) is 35.1 Å². The maximum absolute atomic E-state index is 11.0. The maximum Gasteiger partial charge on any atom is 0.380 e. The predicted molar refractivity (Wildman–Crippen MR) is 237 cm³/mol. The molecule has 9 N–H and O–H groups in total. The van der Waals surface area contributed by atoms with Crippen molar-refractivity contribution in [2.45, 2.75) is 44.4 Å². The summed E-state index contributed by atoms with van der Waals surface area (Å²) >= 11 is 6.61. The third-order valence-corrected chi connectivity index (χ3v) is 8.22. The molecule has 2 aliphatic heterocycles. The molecule has 0 saturated carbocycles. The van der Waals surface area contributed by atoms with E-state index in [0.717, 1.165) is 5.75 Å². The van der Waals surface area contributed by atoms with Crippen molar-refractivity contribution in [2.24, 2.45) is 5.73 Å². The maximum atomic E-state index is 11.0. The molecule has 27 heteroatoms. The number of ether oxygens (including phenoxy) is 1. The molecule has 3 aromatic rings. The van der Waals surface area contributed by atoms with Crippen LogP contribution in [0.3, 0.4) is 0 Å². The molecule has 2 saturated heterocycles. The first-order valence-corrected chi connectivity index (χ1v) is 18.1. The normalized spacial score (nSPS) is 13.7. The van der Waals surface area contributed by atoms with Crippen LogP contribution in [-0.4, -0.2) is 125 Å². The third-order valence-electron chi connectivity index (χ3n) is 6.04. The molecule has 3 atom stereocenters. The molecule has 1 amide bonds. The monoisotopic (exact) mass is 1180 g/mol. The van der Waals surface area contributed by atoms with Crippen molar-refractivity contribution in [3.05, 3.63) is 155 Å². The standard InChI is InChI=1S/C6H10NO4S.3C6H5NO2.C4H8NO2S.C3H9NO2S.CHO.CH4.3CH3.3Y/c1-11-6(10)7-3-12-2-4(7)5(8)9;3*8-7(9)6-4-2-1-3-5-6;6-4(7)3-1-8-2-5-3;4-2(1-7)3(5)6;1-2;;;;;;;/h3-5,8-9H,2H2,1H3;3*1-5H;2-7H,1H2;2-3,5-7H,1,4H2;1H;1H4;3*1H3;;;/q-1;;;;-1;;-1;;3*-1;;;. The Morgan fingerprint density at radius 2 is 1.13 bits per heavy atom. The summed E-state index contributed by atoms with van der Waals surface area (Å²) in [6.07, 6.45) is -4.74. The number of methoxy groups -OCH3 is 1. The zero-order valence-electron chi connectivity index (χ0n) is 34.2. The molecule has 0 bridgehead atoms. The summed E-state index contributed by atoms with van der Waals surface area (Å²) in [5, 5.41) is 83.9. The fourth-order valence-electron chi connectivity index (χ4n) is 3.14. The van der Waals surface area contributed by atoms with Gasteiger partial charge in [-0.2, -0.15) is 18.5 Å². The van der Waals surface area contributed by atoms with Crippen molar-refractivity contribution in [1.29, 1.82) is 0 Å². The Bertz CT molecular complexity index is 1390. The van der Waals surface area contributed by atoms with Crippen LogP contribution in [0, 0.1) is 64.4 Å². The van der Waals surface area contributed by atoms with Gasteiger partial charge in [0.25, 0.3) is 17.1 Å². The van der Waals surface area contributed by atoms with Crippen LogP contribution in [0.2, 0.25) is 0 Å². The van der Waals surface area contributed by atoms with E-state index in [-0.39, 0.29) is 157 Å². The average Bonchev–Trinajstić information content (AvgIpc) is 3.95. The first kappa shape index (κ1) is 82.0. The second-order valence-corrected chi connectivity index (χ2v) is 12.1. The number of para-hydroxylation sites is 3. The Labute approximate surface area is 459 Å². The number of thioether (sulfide) groups is 2. The van der Waals surface area contributed by atoms with Crippen LogP contribution in [0.15, 0.2) is 91.0 Å². The topological polar surface area (TPSA) is 335 Å². The molecular formula is C36H56N6O15S3Y3-6. The average molecular weight is 1180 g/mol. The number of nitro benzene ring substituents is 3. The molecule has 5 rings (SSSR count). The minimum atomic E-state index is -1.52. The van der Waals surface area contributed by atoms with Gasteiger partial charge in [0.1, 0.15) is 0 Å². The van der Waals surface area contributed by atoms with Crippen molar-refractivity contribution < 1.29 is 158 Å². The van der Waals surface area contributed by atoms with Crippen molar-refractivity contribution in [1.82, 2.24) is 10.2 Å². The molecule has 63 heavy (non-hydrogen) atoms. The number of nitrogens with one attached hydrogen (secondary N) is 1. The zero-order valence-corrected chi connectivity index (χ0v) is 45.2. The summed E-state index contributed by atoms with van der Waals surface area (Å²) < 4.78 is 4.43. The Balaban J connectivity index is -0.0000000775. The minimum Gasteiger partial charge on any atom is -0.545 e. The van der Waals surface area contributed by atoms with Crippen molar-refractivity contribution in [3.8, 4) is 0 Å². The molecule has 0 aromatic heterocycles. The van der Waals surface area contributed by atoms with E-state index in [2.05, 4.69) is 29.5 Å². The van der Waals surface area contributed by atoms with Gasteiger partial charge in [-0.05, 0) is 11.5 Å². The van der Waals surface area contributed by atoms with Crippen molar-refractivity contribution in [3.63, 3.8) is 0 Å². The number of nitrogens with zero attached hydrogens (tertiary/aromatic N) is 4. The number of rotatable bonds is 7. The quantitative estimate of drug-likeness (QED) is 0.0406. The van der Waals surface area contributed by atoms with E-state index in [1.165, 1.54) is 66.0 Å². The molecule has 2 heterocycles. The first-order chi connectivity index (χ1) is 26.6. The number of amides is 1. The van der Waals surface area contributed by atoms with Gasteiger partial charge < -0.3 is 102 Å². The Morgan fingerprint density at radius 3 is 1.30 bits per heavy atom. The van der Waals surface area contributed by atoms with E-state index in [4.69, 9.17) is 41.2 Å². The first-order valence-electron chi connectivity index (χ1n) is 15.3. The van der Waals surface area contributed by atoms with Gasteiger partial charge in [-0.3, -0.25) is 37.1 Å². The van der Waals surface area contributed by atoms with E-state index in [1.54, 1.807) is 72.2 Å². The third kappa shape index (κ3) is 40.8. The van der Waals surface area contributed by atoms with Gasteiger partial charge in [0.2, 0.25) is 0 Å². The number of thiol groups is 1. The SMILES string of the molecule is C.COC(=O)N1[CH-]SCC1C(O)O.NC(CS)C(O)O.O=[N+]([O-])c1ccccc1.O=[N+]([O-])c1ccccc1.O=[N+]([O-])c1ccccc1.OC(O)C1CS[CH-]N1.[CH-]=O.[CH3-].[CH3-].[CH3-].[Y].[Y].[Y]. The number of carbonyl (C=O) groups excluding carboxylic acids is 2. The number of non-ortho nitro benzene ring substituents is 3. The van der Waals surface area contributed by atoms with Crippen LogP contribution in [0.1, 0.15) is 7.43 Å². The molecule has 353 valence electrons. The summed E-state index contributed by atoms with van der Waals surface area (Å²) in [4.78, 5) is 48.7. The number of aliphatic hydroxyl groups excluding tert-OH is 3. The van der Waals surface area contributed by atoms with Gasteiger partial charge in [-0.25, -0.2) is 10.7 Å². The summed E-state index contributed by atoms with van der Waals surface area (Å²) in [6.45, 7) is 3.25. The molecule has 0 spiro atoms. The minimum absolute atomic E-state index is 0. The predicted octanol–water partition coefficient (Wildman–Crippen LogP) is 3.77. The Hall–Kier alpha value is -1.16. The van der Waals surface area contributed by atoms with Crippen LogP contribution < -0.4 is 11.1 Å². The second-order valence-electron chi connectivity index (χ2n) is 9.97. The molecule has 2 aliphatic rings. The van der Waals surface area contributed by atoms with E-state index in [1.807, 2.05) is 0 Å². The fraction of sp³-hybridized carbons (Fsp3) is 0.306. The van der Waals surface area contributed by atoms with Gasteiger partial charge in [0.15, 0.2) is 18.9 Å². The number of hydrogen-bond donors (Lipinski definition) is 9. The molecule has 2 fully saturated rings. The molecule has 0 aliphatic carbocycles. The molecule has 3 aromatic carbocycles.